The van der Waals surface area contributed by atoms with Crippen LogP contribution in [0.5, 0.6) is 0 Å². The van der Waals surface area contributed by atoms with Crippen molar-refractivity contribution in [3.05, 3.63) is 36.5 Å². The van der Waals surface area contributed by atoms with Crippen molar-refractivity contribution < 1.29 is 0 Å². The summed E-state index contributed by atoms with van der Waals surface area (Å²) in [7, 11) is 0. The Kier molecular flexibility index (Phi) is 2.16. The summed E-state index contributed by atoms with van der Waals surface area (Å²) in [6.07, 6.45) is 1.64. The van der Waals surface area contributed by atoms with Gasteiger partial charge in [-0.25, -0.2) is 0 Å². The molecule has 0 fully saturated rings. The maximum Gasteiger partial charge on any atom is 0.0383 e. The first-order chi connectivity index (χ1) is 5.24. The summed E-state index contributed by atoms with van der Waals surface area (Å²) in [4.78, 5) is 0. The summed E-state index contributed by atoms with van der Waals surface area (Å²) < 4.78 is 0. The molecule has 58 valence electrons. The smallest absolute Gasteiger partial charge is 0.0383 e. The first-order valence-corrected chi connectivity index (χ1v) is 3.47. The summed E-state index contributed by atoms with van der Waals surface area (Å²) in [6.45, 7) is 5.54. The van der Waals surface area contributed by atoms with E-state index in [2.05, 4.69) is 11.9 Å². The first-order valence-electron chi connectivity index (χ1n) is 3.47. The molecule has 0 bridgehead atoms. The lowest BCUT2D eigenvalue weighted by atomic mass is 10.2. The minimum Gasteiger partial charge on any atom is -0.399 e. The third-order valence-corrected chi connectivity index (χ3v) is 1.54. The van der Waals surface area contributed by atoms with Gasteiger partial charge in [0.1, 0.15) is 0 Å². The highest BCUT2D eigenvalue weighted by molar-refractivity contribution is 5.57. The number of anilines is 2. The molecule has 0 aliphatic carbocycles. The van der Waals surface area contributed by atoms with Gasteiger partial charge in [0.05, 0.1) is 0 Å². The Bertz CT molecular complexity index is 266. The second-order valence-electron chi connectivity index (χ2n) is 2.42. The molecule has 11 heavy (non-hydrogen) atoms. The topological polar surface area (TPSA) is 38.0 Å². The number of nitrogens with two attached hydrogens (primary N) is 1. The average molecular weight is 148 g/mol. The standard InChI is InChI=1S/C9H12N2/c1-3-11-8-4-5-9(10)7(2)6-8/h3-6,11H,1,10H2,2H3. The third kappa shape index (κ3) is 1.74. The van der Waals surface area contributed by atoms with Crippen molar-refractivity contribution in [1.29, 1.82) is 0 Å². The van der Waals surface area contributed by atoms with Crippen molar-refractivity contribution in [2.45, 2.75) is 6.92 Å². The zero-order valence-electron chi connectivity index (χ0n) is 6.59. The van der Waals surface area contributed by atoms with Crippen molar-refractivity contribution in [2.75, 3.05) is 11.1 Å². The first kappa shape index (κ1) is 7.66. The quantitative estimate of drug-likeness (QED) is 0.630. The van der Waals surface area contributed by atoms with E-state index in [4.69, 9.17) is 5.73 Å². The van der Waals surface area contributed by atoms with E-state index in [-0.39, 0.29) is 0 Å². The largest absolute Gasteiger partial charge is 0.399 e. The number of benzene rings is 1. The Morgan fingerprint density at radius 2 is 2.27 bits per heavy atom. The van der Waals surface area contributed by atoms with Gasteiger partial charge < -0.3 is 11.1 Å². The zero-order chi connectivity index (χ0) is 8.27. The van der Waals surface area contributed by atoms with Crippen LogP contribution in [0.25, 0.3) is 0 Å². The van der Waals surface area contributed by atoms with Crippen molar-refractivity contribution in [1.82, 2.24) is 0 Å². The number of nitrogens with one attached hydrogen (secondary N) is 1. The molecule has 0 amide bonds. The number of rotatable bonds is 2. The lowest BCUT2D eigenvalue weighted by Gasteiger charge is -2.03. The Morgan fingerprint density at radius 3 is 2.82 bits per heavy atom. The maximum atomic E-state index is 5.63. The number of hydrogen-bond acceptors (Lipinski definition) is 2. The molecule has 0 unspecified atom stereocenters. The predicted molar refractivity (Wildman–Crippen MR) is 49.4 cm³/mol. The van der Waals surface area contributed by atoms with Crippen LogP contribution in [-0.4, -0.2) is 0 Å². The van der Waals surface area contributed by atoms with Crippen LogP contribution in [0.2, 0.25) is 0 Å². The van der Waals surface area contributed by atoms with Gasteiger partial charge in [-0.2, -0.15) is 0 Å². The molecule has 0 aromatic heterocycles. The van der Waals surface area contributed by atoms with E-state index in [0.717, 1.165) is 16.9 Å². The maximum absolute atomic E-state index is 5.63. The van der Waals surface area contributed by atoms with Gasteiger partial charge in [0.15, 0.2) is 0 Å². The van der Waals surface area contributed by atoms with E-state index in [9.17, 15) is 0 Å². The molecule has 1 aromatic rings. The molecule has 0 aliphatic rings. The second-order valence-corrected chi connectivity index (χ2v) is 2.42. The summed E-state index contributed by atoms with van der Waals surface area (Å²) in [5.74, 6) is 0. The van der Waals surface area contributed by atoms with Gasteiger partial charge in [-0.15, -0.1) is 0 Å². The highest BCUT2D eigenvalue weighted by Gasteiger charge is 1.92. The van der Waals surface area contributed by atoms with E-state index in [1.54, 1.807) is 6.20 Å². The van der Waals surface area contributed by atoms with Crippen LogP contribution in [0, 0.1) is 6.92 Å². The molecule has 0 radical (unpaired) electrons. The van der Waals surface area contributed by atoms with E-state index < -0.39 is 0 Å². The highest BCUT2D eigenvalue weighted by atomic mass is 14.8. The molecule has 0 aliphatic heterocycles. The van der Waals surface area contributed by atoms with Crippen LogP contribution in [0.1, 0.15) is 5.56 Å². The molecular formula is C9H12N2. The van der Waals surface area contributed by atoms with Crippen molar-refractivity contribution in [3.63, 3.8) is 0 Å². The molecule has 0 spiro atoms. The summed E-state index contributed by atoms with van der Waals surface area (Å²) in [6, 6.07) is 5.78. The predicted octanol–water partition coefficient (Wildman–Crippen LogP) is 2.13. The lowest BCUT2D eigenvalue weighted by Crippen LogP contribution is -1.91. The number of nitrogen functional groups attached to an aromatic ring is 1. The molecular weight excluding hydrogens is 136 g/mol. The van der Waals surface area contributed by atoms with Crippen LogP contribution in [0.3, 0.4) is 0 Å². The molecule has 3 N–H and O–H groups in total. The van der Waals surface area contributed by atoms with Crippen LogP contribution in [-0.2, 0) is 0 Å². The minimum atomic E-state index is 0.819. The van der Waals surface area contributed by atoms with Gasteiger partial charge in [0, 0.05) is 11.4 Å². The van der Waals surface area contributed by atoms with E-state index in [1.807, 2.05) is 25.1 Å². The fraction of sp³-hybridized carbons (Fsp3) is 0.111. The van der Waals surface area contributed by atoms with Gasteiger partial charge in [0.2, 0.25) is 0 Å². The van der Waals surface area contributed by atoms with Gasteiger partial charge in [-0.05, 0) is 36.9 Å². The highest BCUT2D eigenvalue weighted by Crippen LogP contribution is 2.15. The van der Waals surface area contributed by atoms with Crippen molar-refractivity contribution in [3.8, 4) is 0 Å². The summed E-state index contributed by atoms with van der Waals surface area (Å²) in [5.41, 5.74) is 8.55. The Labute approximate surface area is 66.7 Å². The van der Waals surface area contributed by atoms with Crippen LogP contribution >= 0.6 is 0 Å². The SMILES string of the molecule is C=CNc1ccc(N)c(C)c1. The van der Waals surface area contributed by atoms with E-state index in [1.165, 1.54) is 0 Å². The van der Waals surface area contributed by atoms with E-state index >= 15 is 0 Å². The normalized spacial score (nSPS) is 9.18. The van der Waals surface area contributed by atoms with E-state index in [0.29, 0.717) is 0 Å². The fourth-order valence-electron chi connectivity index (χ4n) is 0.883. The molecule has 0 saturated carbocycles. The van der Waals surface area contributed by atoms with Gasteiger partial charge >= 0.3 is 0 Å². The van der Waals surface area contributed by atoms with Crippen LogP contribution in [0.15, 0.2) is 31.0 Å². The molecule has 0 heterocycles. The molecule has 1 rings (SSSR count). The number of aryl methyl sites for hydroxylation is 1. The monoisotopic (exact) mass is 148 g/mol. The zero-order valence-corrected chi connectivity index (χ0v) is 6.59. The Morgan fingerprint density at radius 1 is 1.55 bits per heavy atom. The van der Waals surface area contributed by atoms with Crippen LogP contribution in [0.4, 0.5) is 11.4 Å². The summed E-state index contributed by atoms with van der Waals surface area (Å²) in [5, 5.41) is 2.98. The molecule has 0 atom stereocenters. The van der Waals surface area contributed by atoms with Gasteiger partial charge in [0.25, 0.3) is 0 Å². The molecule has 0 saturated heterocycles. The van der Waals surface area contributed by atoms with Gasteiger partial charge in [-0.1, -0.05) is 6.58 Å². The molecule has 2 heteroatoms. The second kappa shape index (κ2) is 3.10. The summed E-state index contributed by atoms with van der Waals surface area (Å²) >= 11 is 0. The fourth-order valence-corrected chi connectivity index (χ4v) is 0.883. The minimum absolute atomic E-state index is 0.819. The Balaban J connectivity index is 2.95. The Hall–Kier alpha value is -1.44. The van der Waals surface area contributed by atoms with Crippen molar-refractivity contribution in [2.24, 2.45) is 0 Å². The molecule has 2 nitrogen and oxygen atoms in total. The number of hydrogen-bond donors (Lipinski definition) is 2. The van der Waals surface area contributed by atoms with Crippen LogP contribution < -0.4 is 11.1 Å². The van der Waals surface area contributed by atoms with Gasteiger partial charge in [-0.3, -0.25) is 0 Å². The lowest BCUT2D eigenvalue weighted by molar-refractivity contribution is 1.45. The third-order valence-electron chi connectivity index (χ3n) is 1.54. The molecule has 1 aromatic carbocycles. The van der Waals surface area contributed by atoms with Crippen molar-refractivity contribution >= 4 is 11.4 Å². The average Bonchev–Trinajstić information content (AvgIpc) is 1.98.